The first-order valence-electron chi connectivity index (χ1n) is 20.4. The molecule has 6 rings (SSSR count). The van der Waals surface area contributed by atoms with E-state index in [1.165, 1.54) is 12.3 Å². The molecule has 13 heteroatoms. The van der Waals surface area contributed by atoms with E-state index in [0.717, 1.165) is 65.7 Å². The van der Waals surface area contributed by atoms with Gasteiger partial charge in [0.1, 0.15) is 23.0 Å². The van der Waals surface area contributed by atoms with Gasteiger partial charge in [-0.15, -0.1) is 0 Å². The maximum atomic E-state index is 13.4. The summed E-state index contributed by atoms with van der Waals surface area (Å²) in [5, 5.41) is 0. The Morgan fingerprint density at radius 1 is 0.603 bits per heavy atom. The molecule has 63 heavy (non-hydrogen) atoms. The van der Waals surface area contributed by atoms with E-state index in [0.29, 0.717) is 34.1 Å². The van der Waals surface area contributed by atoms with Gasteiger partial charge in [0.15, 0.2) is 9.84 Å². The van der Waals surface area contributed by atoms with Crippen LogP contribution in [0, 0.1) is 12.8 Å². The molecule has 0 radical (unpaired) electrons. The molecule has 1 N–H and O–H groups in total. The van der Waals surface area contributed by atoms with Gasteiger partial charge in [-0.1, -0.05) is 127 Å². The van der Waals surface area contributed by atoms with E-state index in [-0.39, 0.29) is 58.4 Å². The first-order chi connectivity index (χ1) is 28.7. The molecule has 0 bridgehead atoms. The third kappa shape index (κ3) is 12.5. The van der Waals surface area contributed by atoms with Crippen molar-refractivity contribution in [1.82, 2.24) is 0 Å². The second-order valence-corrected chi connectivity index (χ2v) is 18.2. The van der Waals surface area contributed by atoms with Crippen LogP contribution in [0.2, 0.25) is 0 Å². The van der Waals surface area contributed by atoms with E-state index in [1.54, 1.807) is 31.2 Å². The molecule has 0 aliphatic rings. The van der Waals surface area contributed by atoms with E-state index in [2.05, 4.69) is 99.9 Å². The zero-order valence-corrected chi connectivity index (χ0v) is 39.8. The van der Waals surface area contributed by atoms with E-state index in [1.807, 2.05) is 54.6 Å². The molecule has 0 saturated heterocycles. The minimum atomic E-state index is -3.64. The average Bonchev–Trinajstić information content (AvgIpc) is 3.23. The van der Waals surface area contributed by atoms with E-state index in [4.69, 9.17) is 9.47 Å². The van der Waals surface area contributed by atoms with Crippen LogP contribution >= 0.6 is 0 Å². The fraction of sp³-hybridized carbons (Fsp3) is 0.260. The molecule has 0 aromatic heterocycles. The summed E-state index contributed by atoms with van der Waals surface area (Å²) in [4.78, 5) is 4.99. The molecule has 0 heterocycles. The van der Waals surface area contributed by atoms with Gasteiger partial charge in [0, 0.05) is 59.0 Å². The number of anilines is 2. The molecule has 6 aromatic carbocycles. The van der Waals surface area contributed by atoms with Crippen molar-refractivity contribution < 1.29 is 69.9 Å². The van der Waals surface area contributed by atoms with Gasteiger partial charge in [-0.05, 0) is 105 Å². The normalized spacial score (nSPS) is 11.6. The van der Waals surface area contributed by atoms with Crippen molar-refractivity contribution in [2.75, 3.05) is 42.2 Å². The topological polar surface area (TPSA) is 129 Å². The Balaban J connectivity index is 0.00000352. The Hall–Kier alpha value is -4.40. The summed E-state index contributed by atoms with van der Waals surface area (Å²) in [6, 6.07) is 42.6. The minimum absolute atomic E-state index is 0. The summed E-state index contributed by atoms with van der Waals surface area (Å²) in [6.45, 7) is 18.1. The van der Waals surface area contributed by atoms with Gasteiger partial charge >= 0.3 is 37.7 Å². The number of benzene rings is 6. The summed E-state index contributed by atoms with van der Waals surface area (Å²) in [5.74, 6) is 2.97. The van der Waals surface area contributed by atoms with Gasteiger partial charge < -0.3 is 29.3 Å². The van der Waals surface area contributed by atoms with Crippen molar-refractivity contribution in [2.24, 2.45) is 0 Å². The number of hydrogen-bond acceptors (Lipinski definition) is 9. The quantitative estimate of drug-likeness (QED) is 0.0533. The summed E-state index contributed by atoms with van der Waals surface area (Å²) in [7, 11) is -3.64. The van der Waals surface area contributed by atoms with E-state index >= 15 is 0 Å². The molecule has 0 saturated carbocycles. The fourth-order valence-corrected chi connectivity index (χ4v) is 8.98. The van der Waals surface area contributed by atoms with Crippen molar-refractivity contribution in [2.45, 2.75) is 63.7 Å². The molecular weight excluding hydrogens is 819 g/mol. The molecule has 0 aliphatic heterocycles. The molecule has 1 unspecified atom stereocenters. The van der Waals surface area contributed by atoms with E-state index in [9.17, 15) is 17.2 Å². The number of hydrogen-bond donors (Lipinski definition) is 0. The number of nitrogens with zero attached hydrogens (tertiary/aromatic N) is 2. The van der Waals surface area contributed by atoms with E-state index < -0.39 is 20.9 Å². The van der Waals surface area contributed by atoms with Crippen LogP contribution < -0.4 is 57.0 Å². The SMILES string of the molecule is CCN(CC)c1ccc([C-](c2ccc(N(CC)CC)cc2)c2cc(Oc3ccc(C(C)(C)c4ccc(Oc5ccc(C)c(S(=O)[O-])c5)cc4)cc3)ccc2S(C)(=O)=O)cc1.[Li+].[Li+].[OH-]. The second kappa shape index (κ2) is 23.0. The van der Waals surface area contributed by atoms with Gasteiger partial charge in [-0.2, -0.15) is 0 Å². The third-order valence-electron chi connectivity index (χ3n) is 11.2. The molecule has 0 amide bonds. The molecule has 0 fully saturated rings. The summed E-state index contributed by atoms with van der Waals surface area (Å²) < 4.78 is 62.5. The summed E-state index contributed by atoms with van der Waals surface area (Å²) >= 11 is -2.35. The Labute approximate surface area is 401 Å². The fourth-order valence-electron chi connectivity index (χ4n) is 7.57. The van der Waals surface area contributed by atoms with Crippen molar-refractivity contribution in [3.63, 3.8) is 0 Å². The van der Waals surface area contributed by atoms with Crippen molar-refractivity contribution in [1.29, 1.82) is 0 Å². The van der Waals surface area contributed by atoms with Crippen molar-refractivity contribution in [3.8, 4) is 23.0 Å². The number of sulfone groups is 1. The minimum Gasteiger partial charge on any atom is -0.870 e. The molecule has 9 nitrogen and oxygen atoms in total. The second-order valence-electron chi connectivity index (χ2n) is 15.3. The molecular formula is C50H55Li2N2O7S2-. The predicted octanol–water partition coefficient (Wildman–Crippen LogP) is 5.09. The molecule has 322 valence electrons. The summed E-state index contributed by atoms with van der Waals surface area (Å²) in [6.07, 6.45) is 1.25. The monoisotopic (exact) mass is 873 g/mol. The Bertz CT molecular complexity index is 2470. The maximum absolute atomic E-state index is 13.4. The number of aryl methyl sites for hydroxylation is 1. The third-order valence-corrected chi connectivity index (χ3v) is 13.1. The van der Waals surface area contributed by atoms with Gasteiger partial charge in [0.2, 0.25) is 0 Å². The Morgan fingerprint density at radius 2 is 0.984 bits per heavy atom. The smallest absolute Gasteiger partial charge is 0.870 e. The van der Waals surface area contributed by atoms with Crippen LogP contribution in [-0.2, 0) is 26.3 Å². The predicted molar refractivity (Wildman–Crippen MR) is 246 cm³/mol. The standard InChI is InChI=1S/C50H55N2O6S2.2Li.H2O/c1-9-51(10-2)40-22-14-36(15-23-40)49(37-16-24-41(25-17-37)52(11-3)12-4)46-33-44(31-32-48(46)60(8,55)56)57-42-27-18-38(19-28-42)50(6,7)39-20-29-43(30-21-39)58-45-26-13-35(5)47(34-45)59(53)54;;;/h13-34H,9-12H2,1-8H3,(H,53,54);;;1H2/q-1;2*+1;/p-2. The van der Waals surface area contributed by atoms with Crippen LogP contribution in [0.15, 0.2) is 143 Å². The van der Waals surface area contributed by atoms with Gasteiger partial charge in [0.25, 0.3) is 0 Å². The van der Waals surface area contributed by atoms with Crippen molar-refractivity contribution >= 4 is 32.3 Å². The van der Waals surface area contributed by atoms with Gasteiger partial charge in [-0.3, -0.25) is 4.21 Å². The molecule has 1 atom stereocenters. The zero-order valence-electron chi connectivity index (χ0n) is 38.1. The zero-order chi connectivity index (χ0) is 43.2. The van der Waals surface area contributed by atoms with Crippen LogP contribution in [0.5, 0.6) is 23.0 Å². The first kappa shape index (κ1) is 52.9. The van der Waals surface area contributed by atoms with Crippen LogP contribution in [0.4, 0.5) is 11.4 Å². The Kier molecular flexibility index (Phi) is 19.3. The number of ether oxygens (including phenoxy) is 2. The molecule has 0 aliphatic carbocycles. The molecule has 0 spiro atoms. The summed E-state index contributed by atoms with van der Waals surface area (Å²) in [5.41, 5.74) is 6.99. The first-order valence-corrected chi connectivity index (χ1v) is 23.3. The average molecular weight is 874 g/mol. The van der Waals surface area contributed by atoms with Crippen molar-refractivity contribution in [3.05, 3.63) is 173 Å². The van der Waals surface area contributed by atoms with Crippen LogP contribution in [0.25, 0.3) is 0 Å². The number of rotatable bonds is 17. The molecule has 6 aromatic rings. The van der Waals surface area contributed by atoms with Crippen LogP contribution in [0.1, 0.15) is 74.9 Å². The van der Waals surface area contributed by atoms with Gasteiger partial charge in [0.05, 0.1) is 0 Å². The van der Waals surface area contributed by atoms with Crippen LogP contribution in [-0.4, -0.2) is 55.1 Å². The van der Waals surface area contributed by atoms with Gasteiger partial charge in [-0.25, -0.2) is 8.42 Å². The Morgan fingerprint density at radius 3 is 1.37 bits per heavy atom. The van der Waals surface area contributed by atoms with Crippen LogP contribution in [0.3, 0.4) is 0 Å². The largest absolute Gasteiger partial charge is 1.00 e. The maximum Gasteiger partial charge on any atom is 1.00 e.